The lowest BCUT2D eigenvalue weighted by molar-refractivity contribution is -0.0504. The molecule has 21 heavy (non-hydrogen) atoms. The maximum atomic E-state index is 12.3. The molecule has 7 heteroatoms. The predicted octanol–water partition coefficient (Wildman–Crippen LogP) is 1.99. The number of guanidine groups is 1. The number of rotatable bonds is 8. The third-order valence-corrected chi connectivity index (χ3v) is 2.60. The van der Waals surface area contributed by atoms with Crippen LogP contribution >= 0.6 is 0 Å². The second kappa shape index (κ2) is 9.93. The molecule has 1 aromatic rings. The Hall–Kier alpha value is -1.89. The van der Waals surface area contributed by atoms with Gasteiger partial charge in [-0.2, -0.15) is 8.78 Å². The SMILES string of the molecule is CCOCCNC(=NC)NCc1ccccc1OC(F)F. The first-order valence-corrected chi connectivity index (χ1v) is 6.72. The molecule has 0 aromatic heterocycles. The predicted molar refractivity (Wildman–Crippen MR) is 77.8 cm³/mol. The Morgan fingerprint density at radius 1 is 1.29 bits per heavy atom. The third kappa shape index (κ3) is 6.89. The molecule has 2 N–H and O–H groups in total. The molecule has 1 rings (SSSR count). The van der Waals surface area contributed by atoms with Crippen LogP contribution in [0.4, 0.5) is 8.78 Å². The van der Waals surface area contributed by atoms with E-state index < -0.39 is 6.61 Å². The zero-order valence-corrected chi connectivity index (χ0v) is 12.2. The molecule has 0 amide bonds. The van der Waals surface area contributed by atoms with Gasteiger partial charge in [0, 0.05) is 32.3 Å². The summed E-state index contributed by atoms with van der Waals surface area (Å²) in [6.07, 6.45) is 0. The van der Waals surface area contributed by atoms with Gasteiger partial charge in [0.15, 0.2) is 5.96 Å². The Morgan fingerprint density at radius 2 is 2.05 bits per heavy atom. The van der Waals surface area contributed by atoms with Crippen LogP contribution < -0.4 is 15.4 Å². The molecule has 0 heterocycles. The minimum absolute atomic E-state index is 0.157. The van der Waals surface area contributed by atoms with E-state index in [2.05, 4.69) is 20.4 Å². The van der Waals surface area contributed by atoms with E-state index in [9.17, 15) is 8.78 Å². The lowest BCUT2D eigenvalue weighted by atomic mass is 10.2. The largest absolute Gasteiger partial charge is 0.434 e. The second-order valence-electron chi connectivity index (χ2n) is 4.04. The second-order valence-corrected chi connectivity index (χ2v) is 4.04. The summed E-state index contributed by atoms with van der Waals surface area (Å²) in [5.41, 5.74) is 0.630. The average molecular weight is 301 g/mol. The molecule has 0 unspecified atom stereocenters. The van der Waals surface area contributed by atoms with Crippen molar-refractivity contribution in [3.05, 3.63) is 29.8 Å². The highest BCUT2D eigenvalue weighted by molar-refractivity contribution is 5.79. The van der Waals surface area contributed by atoms with Gasteiger partial charge in [0.1, 0.15) is 5.75 Å². The number of benzene rings is 1. The first-order valence-electron chi connectivity index (χ1n) is 6.72. The fraction of sp³-hybridized carbons (Fsp3) is 0.500. The van der Waals surface area contributed by atoms with Crippen molar-refractivity contribution in [2.24, 2.45) is 4.99 Å². The van der Waals surface area contributed by atoms with Crippen molar-refractivity contribution in [2.75, 3.05) is 26.8 Å². The summed E-state index contributed by atoms with van der Waals surface area (Å²) in [6, 6.07) is 6.64. The van der Waals surface area contributed by atoms with Crippen LogP contribution in [-0.2, 0) is 11.3 Å². The zero-order chi connectivity index (χ0) is 15.5. The van der Waals surface area contributed by atoms with Crippen molar-refractivity contribution in [2.45, 2.75) is 20.1 Å². The van der Waals surface area contributed by atoms with E-state index in [0.29, 0.717) is 37.8 Å². The monoisotopic (exact) mass is 301 g/mol. The van der Waals surface area contributed by atoms with E-state index in [1.807, 2.05) is 6.92 Å². The molecule has 0 aliphatic carbocycles. The zero-order valence-electron chi connectivity index (χ0n) is 12.2. The van der Waals surface area contributed by atoms with Gasteiger partial charge in [0.2, 0.25) is 0 Å². The van der Waals surface area contributed by atoms with Crippen molar-refractivity contribution in [1.29, 1.82) is 0 Å². The molecule has 1 aromatic carbocycles. The molecule has 118 valence electrons. The minimum atomic E-state index is -2.84. The van der Waals surface area contributed by atoms with Gasteiger partial charge in [-0.1, -0.05) is 18.2 Å². The van der Waals surface area contributed by atoms with Crippen LogP contribution in [0.3, 0.4) is 0 Å². The number of aliphatic imine (C=N–C) groups is 1. The Morgan fingerprint density at radius 3 is 2.71 bits per heavy atom. The van der Waals surface area contributed by atoms with E-state index in [0.717, 1.165) is 0 Å². The number of nitrogens with one attached hydrogen (secondary N) is 2. The maximum absolute atomic E-state index is 12.3. The Labute approximate surface area is 123 Å². The maximum Gasteiger partial charge on any atom is 0.387 e. The van der Waals surface area contributed by atoms with Crippen LogP contribution in [-0.4, -0.2) is 39.4 Å². The fourth-order valence-electron chi connectivity index (χ4n) is 1.65. The number of ether oxygens (including phenoxy) is 2. The Kier molecular flexibility index (Phi) is 8.11. The highest BCUT2D eigenvalue weighted by Gasteiger charge is 2.09. The van der Waals surface area contributed by atoms with Crippen LogP contribution in [0.1, 0.15) is 12.5 Å². The van der Waals surface area contributed by atoms with E-state index >= 15 is 0 Å². The summed E-state index contributed by atoms with van der Waals surface area (Å²) in [6.45, 7) is 1.26. The normalized spacial score (nSPS) is 11.6. The lowest BCUT2D eigenvalue weighted by Gasteiger charge is -2.14. The van der Waals surface area contributed by atoms with Gasteiger partial charge in [0.05, 0.1) is 6.61 Å². The molecule has 0 saturated heterocycles. The summed E-state index contributed by atoms with van der Waals surface area (Å²) < 4.78 is 34.3. The quantitative estimate of drug-likeness (QED) is 0.438. The van der Waals surface area contributed by atoms with Crippen molar-refractivity contribution in [3.63, 3.8) is 0 Å². The number of halogens is 2. The molecule has 0 radical (unpaired) electrons. The first kappa shape index (κ1) is 17.2. The molecule has 0 bridgehead atoms. The molecule has 5 nitrogen and oxygen atoms in total. The number of alkyl halides is 2. The molecule has 0 saturated carbocycles. The van der Waals surface area contributed by atoms with E-state index in [-0.39, 0.29) is 5.75 Å². The van der Waals surface area contributed by atoms with Crippen molar-refractivity contribution in [3.8, 4) is 5.75 Å². The lowest BCUT2D eigenvalue weighted by Crippen LogP contribution is -2.38. The fourth-order valence-corrected chi connectivity index (χ4v) is 1.65. The van der Waals surface area contributed by atoms with Gasteiger partial charge in [-0.25, -0.2) is 0 Å². The highest BCUT2D eigenvalue weighted by Crippen LogP contribution is 2.19. The van der Waals surface area contributed by atoms with Crippen molar-refractivity contribution in [1.82, 2.24) is 10.6 Å². The van der Waals surface area contributed by atoms with Crippen LogP contribution in [0.25, 0.3) is 0 Å². The van der Waals surface area contributed by atoms with Gasteiger partial charge in [0.25, 0.3) is 0 Å². The molecular formula is C14H21F2N3O2. The van der Waals surface area contributed by atoms with Gasteiger partial charge in [-0.15, -0.1) is 0 Å². The summed E-state index contributed by atoms with van der Waals surface area (Å²) in [5, 5.41) is 6.09. The van der Waals surface area contributed by atoms with E-state index in [4.69, 9.17) is 4.74 Å². The van der Waals surface area contributed by atoms with Crippen molar-refractivity contribution >= 4 is 5.96 Å². The van der Waals surface area contributed by atoms with Gasteiger partial charge < -0.3 is 20.1 Å². The van der Waals surface area contributed by atoms with Gasteiger partial charge >= 0.3 is 6.61 Å². The highest BCUT2D eigenvalue weighted by atomic mass is 19.3. The Bertz CT molecular complexity index is 442. The number of hydrogen-bond acceptors (Lipinski definition) is 3. The molecule has 0 aliphatic heterocycles. The average Bonchev–Trinajstić information content (AvgIpc) is 2.47. The number of nitrogens with zero attached hydrogens (tertiary/aromatic N) is 1. The van der Waals surface area contributed by atoms with Crippen LogP contribution in [0.2, 0.25) is 0 Å². The van der Waals surface area contributed by atoms with Crippen LogP contribution in [0.5, 0.6) is 5.75 Å². The standard InChI is InChI=1S/C14H21F2N3O2/c1-3-20-9-8-18-14(17-2)19-10-11-6-4-5-7-12(11)21-13(15)16/h4-7,13H,3,8-10H2,1-2H3,(H2,17,18,19). The molecule has 0 spiro atoms. The number of hydrogen-bond donors (Lipinski definition) is 2. The van der Waals surface area contributed by atoms with Crippen LogP contribution in [0, 0.1) is 0 Å². The van der Waals surface area contributed by atoms with Gasteiger partial charge in [-0.3, -0.25) is 4.99 Å². The summed E-state index contributed by atoms with van der Waals surface area (Å²) >= 11 is 0. The number of para-hydroxylation sites is 1. The van der Waals surface area contributed by atoms with Crippen molar-refractivity contribution < 1.29 is 18.3 Å². The van der Waals surface area contributed by atoms with E-state index in [1.165, 1.54) is 6.07 Å². The topological polar surface area (TPSA) is 54.9 Å². The van der Waals surface area contributed by atoms with Gasteiger partial charge in [-0.05, 0) is 13.0 Å². The minimum Gasteiger partial charge on any atom is -0.434 e. The summed E-state index contributed by atoms with van der Waals surface area (Å²) in [5.74, 6) is 0.728. The molecule has 0 aliphatic rings. The smallest absolute Gasteiger partial charge is 0.387 e. The summed E-state index contributed by atoms with van der Waals surface area (Å²) in [7, 11) is 1.64. The van der Waals surface area contributed by atoms with E-state index in [1.54, 1.807) is 25.2 Å². The molecule has 0 atom stereocenters. The summed E-state index contributed by atoms with van der Waals surface area (Å²) in [4.78, 5) is 4.04. The van der Waals surface area contributed by atoms with Crippen LogP contribution in [0.15, 0.2) is 29.3 Å². The molecular weight excluding hydrogens is 280 g/mol. The molecule has 0 fully saturated rings. The Balaban J connectivity index is 2.49. The third-order valence-electron chi connectivity index (χ3n) is 2.60. The first-order chi connectivity index (χ1) is 10.2.